The highest BCUT2D eigenvalue weighted by molar-refractivity contribution is 7.12. The number of Topliss-reactive ketones (excluding diaryl/α,β-unsaturated/α-hetero) is 1. The second-order valence-electron chi connectivity index (χ2n) is 3.78. The molecule has 0 N–H and O–H groups in total. The predicted octanol–water partition coefficient (Wildman–Crippen LogP) is 2.96. The molecule has 1 aromatic carbocycles. The molecule has 4 heteroatoms. The molecule has 2 aromatic rings. The average Bonchev–Trinajstić information content (AvgIpc) is 2.88. The molecule has 0 radical (unpaired) electrons. The first-order valence-corrected chi connectivity index (χ1v) is 6.32. The van der Waals surface area contributed by atoms with Crippen LogP contribution >= 0.6 is 11.3 Å². The summed E-state index contributed by atoms with van der Waals surface area (Å²) in [7, 11) is 1.33. The number of hydrogen-bond donors (Lipinski definition) is 0. The van der Waals surface area contributed by atoms with E-state index in [-0.39, 0.29) is 5.78 Å². The van der Waals surface area contributed by atoms with E-state index in [1.54, 1.807) is 11.4 Å². The van der Waals surface area contributed by atoms with Crippen molar-refractivity contribution in [1.82, 2.24) is 0 Å². The largest absolute Gasteiger partial charge is 0.465 e. The zero-order valence-electron chi connectivity index (χ0n) is 9.88. The first-order chi connectivity index (χ1) is 8.70. The van der Waals surface area contributed by atoms with Crippen LogP contribution < -0.4 is 0 Å². The van der Waals surface area contributed by atoms with Crippen molar-refractivity contribution in [2.75, 3.05) is 7.11 Å². The molecule has 1 heterocycles. The van der Waals surface area contributed by atoms with E-state index in [1.807, 2.05) is 30.3 Å². The highest BCUT2D eigenvalue weighted by Crippen LogP contribution is 2.17. The van der Waals surface area contributed by atoms with E-state index in [2.05, 4.69) is 4.74 Å². The average molecular weight is 260 g/mol. The van der Waals surface area contributed by atoms with Crippen LogP contribution in [-0.2, 0) is 11.2 Å². The zero-order valence-corrected chi connectivity index (χ0v) is 10.7. The Bertz CT molecular complexity index is 557. The molecular formula is C14H12O3S. The Kier molecular flexibility index (Phi) is 3.89. The maximum Gasteiger partial charge on any atom is 0.348 e. The zero-order chi connectivity index (χ0) is 13.0. The lowest BCUT2D eigenvalue weighted by atomic mass is 10.1. The molecule has 0 amide bonds. The van der Waals surface area contributed by atoms with Crippen molar-refractivity contribution in [3.8, 4) is 0 Å². The number of rotatable bonds is 4. The minimum atomic E-state index is -0.404. The van der Waals surface area contributed by atoms with Gasteiger partial charge in [0.05, 0.1) is 7.11 Å². The van der Waals surface area contributed by atoms with Gasteiger partial charge in [0.2, 0.25) is 0 Å². The number of ether oxygens (including phenoxy) is 1. The Balaban J connectivity index is 2.10. The van der Waals surface area contributed by atoms with Gasteiger partial charge >= 0.3 is 5.97 Å². The molecule has 2 rings (SSSR count). The van der Waals surface area contributed by atoms with Gasteiger partial charge in [-0.2, -0.15) is 0 Å². The number of carbonyl (C=O) groups is 2. The summed E-state index contributed by atoms with van der Waals surface area (Å²) in [6, 6.07) is 11.1. The van der Waals surface area contributed by atoms with Crippen molar-refractivity contribution in [3.63, 3.8) is 0 Å². The van der Waals surface area contributed by atoms with Gasteiger partial charge in [-0.05, 0) is 11.6 Å². The predicted molar refractivity (Wildman–Crippen MR) is 70.1 cm³/mol. The van der Waals surface area contributed by atoms with Gasteiger partial charge in [0.15, 0.2) is 5.78 Å². The van der Waals surface area contributed by atoms with E-state index < -0.39 is 5.97 Å². The van der Waals surface area contributed by atoms with Gasteiger partial charge in [0.25, 0.3) is 0 Å². The van der Waals surface area contributed by atoms with E-state index in [0.29, 0.717) is 16.9 Å². The lowest BCUT2D eigenvalue weighted by molar-refractivity contribution is 0.0606. The topological polar surface area (TPSA) is 43.4 Å². The van der Waals surface area contributed by atoms with Crippen molar-refractivity contribution in [1.29, 1.82) is 0 Å². The summed E-state index contributed by atoms with van der Waals surface area (Å²) in [6.07, 6.45) is 0.345. The molecular weight excluding hydrogens is 248 g/mol. The number of benzene rings is 1. The van der Waals surface area contributed by atoms with Gasteiger partial charge in [0, 0.05) is 17.4 Å². The van der Waals surface area contributed by atoms with Crippen LogP contribution in [0.15, 0.2) is 41.8 Å². The molecule has 0 fully saturated rings. The van der Waals surface area contributed by atoms with Gasteiger partial charge < -0.3 is 4.74 Å². The molecule has 0 aliphatic rings. The van der Waals surface area contributed by atoms with Crippen LogP contribution in [0.4, 0.5) is 0 Å². The molecule has 0 unspecified atom stereocenters. The Morgan fingerprint density at radius 3 is 2.61 bits per heavy atom. The van der Waals surface area contributed by atoms with Crippen LogP contribution in [0.5, 0.6) is 0 Å². The first kappa shape index (κ1) is 12.5. The maximum atomic E-state index is 12.0. The second kappa shape index (κ2) is 5.60. The molecule has 18 heavy (non-hydrogen) atoms. The van der Waals surface area contributed by atoms with Crippen LogP contribution in [0, 0.1) is 0 Å². The molecule has 0 aliphatic heterocycles. The van der Waals surface area contributed by atoms with Gasteiger partial charge in [-0.1, -0.05) is 30.3 Å². The number of carbonyl (C=O) groups excluding carboxylic acids is 2. The van der Waals surface area contributed by atoms with Crippen molar-refractivity contribution < 1.29 is 14.3 Å². The third kappa shape index (κ3) is 2.84. The number of ketones is 1. The summed E-state index contributed by atoms with van der Waals surface area (Å²) in [4.78, 5) is 23.7. The van der Waals surface area contributed by atoms with Crippen LogP contribution in [0.2, 0.25) is 0 Å². The summed E-state index contributed by atoms with van der Waals surface area (Å²) < 4.78 is 4.61. The van der Waals surface area contributed by atoms with E-state index in [1.165, 1.54) is 18.4 Å². The Hall–Kier alpha value is -1.94. The Morgan fingerprint density at radius 1 is 1.22 bits per heavy atom. The molecule has 0 spiro atoms. The lowest BCUT2D eigenvalue weighted by Crippen LogP contribution is -2.02. The molecule has 0 saturated carbocycles. The fourth-order valence-corrected chi connectivity index (χ4v) is 2.40. The smallest absolute Gasteiger partial charge is 0.348 e. The highest BCUT2D eigenvalue weighted by Gasteiger charge is 2.13. The normalized spacial score (nSPS) is 10.1. The third-order valence-electron chi connectivity index (χ3n) is 2.52. The monoisotopic (exact) mass is 260 g/mol. The second-order valence-corrected chi connectivity index (χ2v) is 4.69. The minimum Gasteiger partial charge on any atom is -0.465 e. The van der Waals surface area contributed by atoms with E-state index in [9.17, 15) is 9.59 Å². The SMILES string of the molecule is COC(=O)c1cc(C(=O)Cc2ccccc2)cs1. The fourth-order valence-electron chi connectivity index (χ4n) is 1.57. The maximum absolute atomic E-state index is 12.0. The summed E-state index contributed by atoms with van der Waals surface area (Å²) >= 11 is 1.23. The van der Waals surface area contributed by atoms with E-state index >= 15 is 0 Å². The Labute approximate surface area is 109 Å². The van der Waals surface area contributed by atoms with E-state index in [4.69, 9.17) is 0 Å². The Morgan fingerprint density at radius 2 is 1.94 bits per heavy atom. The lowest BCUT2D eigenvalue weighted by Gasteiger charge is -1.98. The van der Waals surface area contributed by atoms with Crippen molar-refractivity contribution in [2.45, 2.75) is 6.42 Å². The fraction of sp³-hybridized carbons (Fsp3) is 0.143. The summed E-state index contributed by atoms with van der Waals surface area (Å²) in [5.74, 6) is -0.397. The molecule has 0 aliphatic carbocycles. The number of esters is 1. The molecule has 3 nitrogen and oxygen atoms in total. The van der Waals surface area contributed by atoms with Crippen LogP contribution in [0.3, 0.4) is 0 Å². The highest BCUT2D eigenvalue weighted by atomic mass is 32.1. The molecule has 0 saturated heterocycles. The van der Waals surface area contributed by atoms with Crippen molar-refractivity contribution >= 4 is 23.1 Å². The summed E-state index contributed by atoms with van der Waals surface area (Å²) in [6.45, 7) is 0. The molecule has 0 bridgehead atoms. The number of methoxy groups -OCH3 is 1. The summed E-state index contributed by atoms with van der Waals surface area (Å²) in [5.41, 5.74) is 1.53. The van der Waals surface area contributed by atoms with Gasteiger partial charge in [-0.15, -0.1) is 11.3 Å². The molecule has 92 valence electrons. The molecule has 1 aromatic heterocycles. The molecule has 0 atom stereocenters. The first-order valence-electron chi connectivity index (χ1n) is 5.44. The third-order valence-corrected chi connectivity index (χ3v) is 3.43. The van der Waals surface area contributed by atoms with Gasteiger partial charge in [0.1, 0.15) is 4.88 Å². The van der Waals surface area contributed by atoms with E-state index in [0.717, 1.165) is 5.56 Å². The van der Waals surface area contributed by atoms with Crippen LogP contribution in [0.25, 0.3) is 0 Å². The quantitative estimate of drug-likeness (QED) is 0.627. The van der Waals surface area contributed by atoms with Crippen molar-refractivity contribution in [2.24, 2.45) is 0 Å². The van der Waals surface area contributed by atoms with Gasteiger partial charge in [-0.3, -0.25) is 4.79 Å². The standard InChI is InChI=1S/C14H12O3S/c1-17-14(16)13-8-11(9-18-13)12(15)7-10-5-3-2-4-6-10/h2-6,8-9H,7H2,1H3. The van der Waals surface area contributed by atoms with Crippen LogP contribution in [-0.4, -0.2) is 18.9 Å². The van der Waals surface area contributed by atoms with Crippen LogP contribution in [0.1, 0.15) is 25.6 Å². The minimum absolute atomic E-state index is 0.00704. The van der Waals surface area contributed by atoms with Gasteiger partial charge in [-0.25, -0.2) is 4.79 Å². The van der Waals surface area contributed by atoms with Crippen molar-refractivity contribution in [3.05, 3.63) is 57.8 Å². The summed E-state index contributed by atoms with van der Waals surface area (Å²) in [5, 5.41) is 1.69. The number of thiophene rings is 1. The number of hydrogen-bond acceptors (Lipinski definition) is 4.